The summed E-state index contributed by atoms with van der Waals surface area (Å²) in [7, 11) is 0. The summed E-state index contributed by atoms with van der Waals surface area (Å²) in [6.45, 7) is 3.92. The van der Waals surface area contributed by atoms with Gasteiger partial charge in [0.2, 0.25) is 0 Å². The van der Waals surface area contributed by atoms with E-state index < -0.39 is 5.54 Å². The number of hydrogen-bond acceptors (Lipinski definition) is 2. The summed E-state index contributed by atoms with van der Waals surface area (Å²) in [5.41, 5.74) is 6.41. The summed E-state index contributed by atoms with van der Waals surface area (Å²) in [4.78, 5) is 12.1. The van der Waals surface area contributed by atoms with Crippen molar-refractivity contribution >= 4 is 21.7 Å². The molecule has 88 valence electrons. The number of carbonyl (C=O) groups is 1. The first-order chi connectivity index (χ1) is 7.51. The lowest BCUT2D eigenvalue weighted by Gasteiger charge is -2.24. The Hall–Kier alpha value is -0.670. The van der Waals surface area contributed by atoms with Crippen LogP contribution in [0.5, 0.6) is 0 Å². The standard InChI is InChI=1S/C13H18BrNO/c1-3-13(15,4-2)12(16)9-10-6-5-7-11(14)8-10/h5-8H,3-4,9,15H2,1-2H3. The zero-order chi connectivity index (χ0) is 12.2. The van der Waals surface area contributed by atoms with Gasteiger partial charge in [0.25, 0.3) is 0 Å². The molecule has 0 atom stereocenters. The quantitative estimate of drug-likeness (QED) is 0.903. The van der Waals surface area contributed by atoms with Gasteiger partial charge in [-0.2, -0.15) is 0 Å². The number of ketones is 1. The van der Waals surface area contributed by atoms with Crippen molar-refractivity contribution < 1.29 is 4.79 Å². The molecular weight excluding hydrogens is 266 g/mol. The fourth-order valence-corrected chi connectivity index (χ4v) is 2.10. The average molecular weight is 284 g/mol. The third kappa shape index (κ3) is 3.16. The van der Waals surface area contributed by atoms with Crippen LogP contribution in [-0.4, -0.2) is 11.3 Å². The van der Waals surface area contributed by atoms with Crippen LogP contribution in [0.4, 0.5) is 0 Å². The van der Waals surface area contributed by atoms with Crippen LogP contribution in [0.25, 0.3) is 0 Å². The molecule has 2 N–H and O–H groups in total. The zero-order valence-corrected chi connectivity index (χ0v) is 11.4. The number of benzene rings is 1. The van der Waals surface area contributed by atoms with E-state index in [2.05, 4.69) is 15.9 Å². The van der Waals surface area contributed by atoms with E-state index >= 15 is 0 Å². The molecule has 0 saturated heterocycles. The van der Waals surface area contributed by atoms with Gasteiger partial charge < -0.3 is 5.73 Å². The highest BCUT2D eigenvalue weighted by Gasteiger charge is 2.29. The van der Waals surface area contributed by atoms with Gasteiger partial charge in [-0.3, -0.25) is 4.79 Å². The van der Waals surface area contributed by atoms with Crippen LogP contribution in [0.1, 0.15) is 32.3 Å². The number of nitrogens with two attached hydrogens (primary N) is 1. The Labute approximate surface area is 105 Å². The van der Waals surface area contributed by atoms with Crippen molar-refractivity contribution in [2.75, 3.05) is 0 Å². The molecule has 0 radical (unpaired) electrons. The molecule has 0 aromatic heterocycles. The van der Waals surface area contributed by atoms with Crippen LogP contribution in [0.3, 0.4) is 0 Å². The number of halogens is 1. The highest BCUT2D eigenvalue weighted by Crippen LogP contribution is 2.18. The van der Waals surface area contributed by atoms with E-state index in [-0.39, 0.29) is 5.78 Å². The first kappa shape index (κ1) is 13.4. The lowest BCUT2D eigenvalue weighted by molar-refractivity contribution is -0.123. The Bertz CT molecular complexity index is 372. The molecule has 16 heavy (non-hydrogen) atoms. The largest absolute Gasteiger partial charge is 0.319 e. The summed E-state index contributed by atoms with van der Waals surface area (Å²) >= 11 is 3.39. The lowest BCUT2D eigenvalue weighted by Crippen LogP contribution is -2.47. The van der Waals surface area contributed by atoms with Gasteiger partial charge in [0, 0.05) is 10.9 Å². The second-order valence-corrected chi connectivity index (χ2v) is 5.01. The van der Waals surface area contributed by atoms with Crippen LogP contribution >= 0.6 is 15.9 Å². The Balaban J connectivity index is 2.78. The van der Waals surface area contributed by atoms with E-state index in [0.717, 1.165) is 10.0 Å². The Kier molecular flexibility index (Phi) is 4.69. The molecule has 0 saturated carbocycles. The number of carbonyl (C=O) groups excluding carboxylic acids is 1. The molecule has 0 fully saturated rings. The van der Waals surface area contributed by atoms with E-state index in [1.54, 1.807) is 0 Å². The van der Waals surface area contributed by atoms with Crippen molar-refractivity contribution in [2.45, 2.75) is 38.6 Å². The molecule has 0 amide bonds. The minimum absolute atomic E-state index is 0.121. The second-order valence-electron chi connectivity index (χ2n) is 4.09. The molecule has 0 spiro atoms. The smallest absolute Gasteiger partial charge is 0.156 e. The molecule has 1 aromatic carbocycles. The topological polar surface area (TPSA) is 43.1 Å². The van der Waals surface area contributed by atoms with Crippen LogP contribution in [0.15, 0.2) is 28.7 Å². The molecule has 0 aliphatic heterocycles. The van der Waals surface area contributed by atoms with E-state index in [1.165, 1.54) is 0 Å². The van der Waals surface area contributed by atoms with Crippen LogP contribution in [0.2, 0.25) is 0 Å². The predicted molar refractivity (Wildman–Crippen MR) is 70.4 cm³/mol. The van der Waals surface area contributed by atoms with Crippen LogP contribution < -0.4 is 5.73 Å². The normalized spacial score (nSPS) is 11.5. The Morgan fingerprint density at radius 3 is 2.50 bits per heavy atom. The highest BCUT2D eigenvalue weighted by atomic mass is 79.9. The van der Waals surface area contributed by atoms with Gasteiger partial charge in [0.05, 0.1) is 5.54 Å². The third-order valence-corrected chi connectivity index (χ3v) is 3.56. The van der Waals surface area contributed by atoms with Gasteiger partial charge in [-0.25, -0.2) is 0 Å². The number of hydrogen-bond donors (Lipinski definition) is 1. The maximum Gasteiger partial charge on any atom is 0.156 e. The molecule has 0 aliphatic rings. The molecule has 3 heteroatoms. The number of Topliss-reactive ketones (excluding diaryl/α,β-unsaturated/α-hetero) is 1. The van der Waals surface area contributed by atoms with E-state index in [9.17, 15) is 4.79 Å². The Morgan fingerprint density at radius 2 is 2.00 bits per heavy atom. The van der Waals surface area contributed by atoms with Crippen molar-refractivity contribution in [1.82, 2.24) is 0 Å². The van der Waals surface area contributed by atoms with Gasteiger partial charge in [0.1, 0.15) is 0 Å². The minimum atomic E-state index is -0.664. The summed E-state index contributed by atoms with van der Waals surface area (Å²) in [5.74, 6) is 0.121. The summed E-state index contributed by atoms with van der Waals surface area (Å²) in [6.07, 6.45) is 1.80. The Morgan fingerprint density at radius 1 is 1.38 bits per heavy atom. The van der Waals surface area contributed by atoms with Gasteiger partial charge in [-0.1, -0.05) is 41.9 Å². The molecule has 0 heterocycles. The SMILES string of the molecule is CCC(N)(CC)C(=O)Cc1cccc(Br)c1. The average Bonchev–Trinajstić information content (AvgIpc) is 2.28. The molecule has 0 unspecified atom stereocenters. The molecular formula is C13H18BrNO. The third-order valence-electron chi connectivity index (χ3n) is 3.07. The number of rotatable bonds is 5. The minimum Gasteiger partial charge on any atom is -0.319 e. The highest BCUT2D eigenvalue weighted by molar-refractivity contribution is 9.10. The van der Waals surface area contributed by atoms with Gasteiger partial charge >= 0.3 is 0 Å². The fraction of sp³-hybridized carbons (Fsp3) is 0.462. The van der Waals surface area contributed by atoms with E-state index in [0.29, 0.717) is 19.3 Å². The molecule has 0 bridgehead atoms. The van der Waals surface area contributed by atoms with Gasteiger partial charge in [-0.15, -0.1) is 0 Å². The van der Waals surface area contributed by atoms with Crippen molar-refractivity contribution in [3.63, 3.8) is 0 Å². The fourth-order valence-electron chi connectivity index (χ4n) is 1.65. The maximum atomic E-state index is 12.1. The van der Waals surface area contributed by atoms with E-state index in [1.807, 2.05) is 38.1 Å². The van der Waals surface area contributed by atoms with Crippen LogP contribution in [0, 0.1) is 0 Å². The predicted octanol–water partition coefficient (Wildman–Crippen LogP) is 3.08. The second kappa shape index (κ2) is 5.60. The molecule has 0 aliphatic carbocycles. The van der Waals surface area contributed by atoms with E-state index in [4.69, 9.17) is 5.73 Å². The summed E-state index contributed by atoms with van der Waals surface area (Å²) in [6, 6.07) is 7.80. The van der Waals surface area contributed by atoms with Crippen molar-refractivity contribution in [2.24, 2.45) is 5.73 Å². The molecule has 1 aromatic rings. The zero-order valence-electron chi connectivity index (χ0n) is 9.79. The first-order valence-corrected chi connectivity index (χ1v) is 6.37. The summed E-state index contributed by atoms with van der Waals surface area (Å²) in [5, 5.41) is 0. The molecule has 1 rings (SSSR count). The van der Waals surface area contributed by atoms with Crippen molar-refractivity contribution in [3.05, 3.63) is 34.3 Å². The van der Waals surface area contributed by atoms with Gasteiger partial charge in [0.15, 0.2) is 5.78 Å². The maximum absolute atomic E-state index is 12.1. The first-order valence-electron chi connectivity index (χ1n) is 5.58. The van der Waals surface area contributed by atoms with Crippen molar-refractivity contribution in [1.29, 1.82) is 0 Å². The van der Waals surface area contributed by atoms with Crippen molar-refractivity contribution in [3.8, 4) is 0 Å². The summed E-state index contributed by atoms with van der Waals surface area (Å²) < 4.78 is 0.994. The van der Waals surface area contributed by atoms with Crippen LogP contribution in [-0.2, 0) is 11.2 Å². The molecule has 2 nitrogen and oxygen atoms in total. The monoisotopic (exact) mass is 283 g/mol. The van der Waals surface area contributed by atoms with Gasteiger partial charge in [-0.05, 0) is 30.5 Å². The lowest BCUT2D eigenvalue weighted by atomic mass is 9.86.